The van der Waals surface area contributed by atoms with E-state index in [1.165, 1.54) is 0 Å². The molecule has 1 unspecified atom stereocenters. The third kappa shape index (κ3) is 3.45. The van der Waals surface area contributed by atoms with Crippen LogP contribution in [-0.4, -0.2) is 11.0 Å². The summed E-state index contributed by atoms with van der Waals surface area (Å²) in [5, 5.41) is 0.696. The number of nitrogens with zero attached hydrogens (tertiary/aromatic N) is 1. The number of nitrogens with one attached hydrogen (secondary N) is 1. The Balaban J connectivity index is 2.80. The first-order valence-electron chi connectivity index (χ1n) is 4.99. The zero-order valence-electron chi connectivity index (χ0n) is 9.42. The molecule has 0 amide bonds. The van der Waals surface area contributed by atoms with Crippen molar-refractivity contribution < 1.29 is 0 Å². The molecule has 1 aromatic heterocycles. The molecule has 0 saturated carbocycles. The largest absolute Gasteiger partial charge is 0.271 e. The quantitative estimate of drug-likeness (QED) is 0.615. The molecule has 0 bridgehead atoms. The highest BCUT2D eigenvalue weighted by atomic mass is 35.5. The van der Waals surface area contributed by atoms with Crippen molar-refractivity contribution in [3.63, 3.8) is 0 Å². The number of halogens is 1. The molecule has 1 heterocycles. The molecule has 0 saturated heterocycles. The zero-order chi connectivity index (χ0) is 11.5. The first kappa shape index (κ1) is 12.4. The Morgan fingerprint density at radius 3 is 2.67 bits per heavy atom. The number of nitrogens with two attached hydrogens (primary N) is 1. The highest BCUT2D eigenvalue weighted by Gasteiger charge is 2.24. The summed E-state index contributed by atoms with van der Waals surface area (Å²) in [4.78, 5) is 3.96. The predicted molar refractivity (Wildman–Crippen MR) is 63.5 cm³/mol. The van der Waals surface area contributed by atoms with Crippen molar-refractivity contribution >= 4 is 11.6 Å². The van der Waals surface area contributed by atoms with Crippen molar-refractivity contribution in [3.8, 4) is 0 Å². The van der Waals surface area contributed by atoms with Crippen LogP contribution in [0.15, 0.2) is 18.5 Å². The van der Waals surface area contributed by atoms with Crippen molar-refractivity contribution in [3.05, 3.63) is 29.0 Å². The number of aromatic nitrogens is 1. The summed E-state index contributed by atoms with van der Waals surface area (Å²) in [5.41, 5.74) is 4.01. The SMILES string of the molecule is CC(C)(C)C(Cc1ccncc1Cl)NN. The molecule has 0 aliphatic heterocycles. The maximum absolute atomic E-state index is 6.04. The minimum absolute atomic E-state index is 0.0986. The molecule has 0 aliphatic rings. The van der Waals surface area contributed by atoms with E-state index in [0.29, 0.717) is 5.02 Å². The lowest BCUT2D eigenvalue weighted by atomic mass is 9.83. The van der Waals surface area contributed by atoms with E-state index < -0.39 is 0 Å². The van der Waals surface area contributed by atoms with Crippen LogP contribution in [-0.2, 0) is 6.42 Å². The summed E-state index contributed by atoms with van der Waals surface area (Å²) >= 11 is 6.04. The molecule has 0 aliphatic carbocycles. The van der Waals surface area contributed by atoms with Gasteiger partial charge in [0.15, 0.2) is 0 Å². The van der Waals surface area contributed by atoms with Gasteiger partial charge in [-0.25, -0.2) is 0 Å². The van der Waals surface area contributed by atoms with Gasteiger partial charge in [0, 0.05) is 18.4 Å². The second kappa shape index (κ2) is 4.92. The molecule has 15 heavy (non-hydrogen) atoms. The molecule has 0 radical (unpaired) electrons. The number of hydrazine groups is 1. The molecular weight excluding hydrogens is 210 g/mol. The van der Waals surface area contributed by atoms with Gasteiger partial charge in [0.05, 0.1) is 5.02 Å². The topological polar surface area (TPSA) is 50.9 Å². The second-order valence-corrected chi connectivity index (χ2v) is 5.16. The van der Waals surface area contributed by atoms with Crippen molar-refractivity contribution in [1.82, 2.24) is 10.4 Å². The van der Waals surface area contributed by atoms with Gasteiger partial charge < -0.3 is 0 Å². The molecule has 0 spiro atoms. The summed E-state index contributed by atoms with van der Waals surface area (Å²) in [5.74, 6) is 5.55. The normalized spacial score (nSPS) is 13.9. The minimum atomic E-state index is 0.0986. The number of hydrogen-bond donors (Lipinski definition) is 2. The van der Waals surface area contributed by atoms with E-state index in [0.717, 1.165) is 12.0 Å². The molecule has 3 N–H and O–H groups in total. The van der Waals surface area contributed by atoms with E-state index in [2.05, 4.69) is 31.2 Å². The molecule has 4 heteroatoms. The van der Waals surface area contributed by atoms with E-state index >= 15 is 0 Å². The lowest BCUT2D eigenvalue weighted by Gasteiger charge is -2.30. The van der Waals surface area contributed by atoms with E-state index in [1.807, 2.05) is 6.07 Å². The van der Waals surface area contributed by atoms with Crippen LogP contribution in [0.25, 0.3) is 0 Å². The van der Waals surface area contributed by atoms with E-state index in [9.17, 15) is 0 Å². The van der Waals surface area contributed by atoms with Gasteiger partial charge in [0.2, 0.25) is 0 Å². The summed E-state index contributed by atoms with van der Waals surface area (Å²) in [6, 6.07) is 2.12. The van der Waals surface area contributed by atoms with Crippen LogP contribution in [0.5, 0.6) is 0 Å². The van der Waals surface area contributed by atoms with Gasteiger partial charge in [-0.2, -0.15) is 0 Å². The van der Waals surface area contributed by atoms with Crippen LogP contribution in [0, 0.1) is 5.41 Å². The van der Waals surface area contributed by atoms with Gasteiger partial charge in [0.1, 0.15) is 0 Å². The predicted octanol–water partition coefficient (Wildman–Crippen LogP) is 2.16. The number of pyridine rings is 1. The summed E-state index contributed by atoms with van der Waals surface area (Å²) in [7, 11) is 0. The lowest BCUT2D eigenvalue weighted by molar-refractivity contribution is 0.269. The van der Waals surface area contributed by atoms with Crippen LogP contribution in [0.1, 0.15) is 26.3 Å². The average Bonchev–Trinajstić information content (AvgIpc) is 2.14. The van der Waals surface area contributed by atoms with Gasteiger partial charge in [-0.15, -0.1) is 0 Å². The van der Waals surface area contributed by atoms with Crippen LogP contribution >= 0.6 is 11.6 Å². The summed E-state index contributed by atoms with van der Waals surface area (Å²) in [6.07, 6.45) is 4.21. The monoisotopic (exact) mass is 227 g/mol. The van der Waals surface area contributed by atoms with Crippen LogP contribution in [0.3, 0.4) is 0 Å². The molecule has 1 aromatic rings. The smallest absolute Gasteiger partial charge is 0.0621 e. The molecule has 0 fully saturated rings. The molecule has 84 valence electrons. The van der Waals surface area contributed by atoms with Crippen molar-refractivity contribution in [2.45, 2.75) is 33.2 Å². The fourth-order valence-corrected chi connectivity index (χ4v) is 1.60. The summed E-state index contributed by atoms with van der Waals surface area (Å²) in [6.45, 7) is 6.44. The van der Waals surface area contributed by atoms with Gasteiger partial charge in [0.25, 0.3) is 0 Å². The summed E-state index contributed by atoms with van der Waals surface area (Å²) < 4.78 is 0. The molecule has 1 atom stereocenters. The average molecular weight is 228 g/mol. The Hall–Kier alpha value is -0.640. The fraction of sp³-hybridized carbons (Fsp3) is 0.545. The van der Waals surface area contributed by atoms with Crippen molar-refractivity contribution in [2.75, 3.05) is 0 Å². The molecule has 1 rings (SSSR count). The first-order valence-corrected chi connectivity index (χ1v) is 5.37. The fourth-order valence-electron chi connectivity index (χ4n) is 1.40. The Morgan fingerprint density at radius 1 is 1.53 bits per heavy atom. The van der Waals surface area contributed by atoms with Crippen LogP contribution in [0.2, 0.25) is 5.02 Å². The first-order chi connectivity index (χ1) is 6.95. The lowest BCUT2D eigenvalue weighted by Crippen LogP contribution is -2.45. The Morgan fingerprint density at radius 2 is 2.20 bits per heavy atom. The van der Waals surface area contributed by atoms with Gasteiger partial charge in [-0.3, -0.25) is 16.3 Å². The second-order valence-electron chi connectivity index (χ2n) is 4.76. The Labute approximate surface area is 96.0 Å². The zero-order valence-corrected chi connectivity index (χ0v) is 10.2. The minimum Gasteiger partial charge on any atom is -0.271 e. The van der Waals surface area contributed by atoms with E-state index in [1.54, 1.807) is 12.4 Å². The number of hydrogen-bond acceptors (Lipinski definition) is 3. The highest BCUT2D eigenvalue weighted by Crippen LogP contribution is 2.24. The van der Waals surface area contributed by atoms with E-state index in [4.69, 9.17) is 17.4 Å². The third-order valence-electron chi connectivity index (χ3n) is 2.53. The number of rotatable bonds is 3. The molecule has 3 nitrogen and oxygen atoms in total. The van der Waals surface area contributed by atoms with Gasteiger partial charge in [-0.1, -0.05) is 32.4 Å². The van der Waals surface area contributed by atoms with E-state index in [-0.39, 0.29) is 11.5 Å². The maximum Gasteiger partial charge on any atom is 0.0621 e. The Kier molecular flexibility index (Phi) is 4.08. The molecule has 0 aromatic carbocycles. The highest BCUT2D eigenvalue weighted by molar-refractivity contribution is 6.31. The van der Waals surface area contributed by atoms with Gasteiger partial charge in [-0.05, 0) is 23.5 Å². The van der Waals surface area contributed by atoms with Crippen molar-refractivity contribution in [2.24, 2.45) is 11.3 Å². The third-order valence-corrected chi connectivity index (χ3v) is 2.87. The van der Waals surface area contributed by atoms with Crippen molar-refractivity contribution in [1.29, 1.82) is 0 Å². The maximum atomic E-state index is 6.04. The van der Waals surface area contributed by atoms with Crippen LogP contribution < -0.4 is 11.3 Å². The standard InChI is InChI=1S/C11H18ClN3/c1-11(2,3)10(15-13)6-8-4-5-14-7-9(8)12/h4-5,7,10,15H,6,13H2,1-3H3. The Bertz CT molecular complexity index is 320. The van der Waals surface area contributed by atoms with Crippen LogP contribution in [0.4, 0.5) is 0 Å². The van der Waals surface area contributed by atoms with Gasteiger partial charge >= 0.3 is 0 Å². The molecular formula is C11H18ClN3.